The molecule has 6 nitrogen and oxygen atoms in total. The lowest BCUT2D eigenvalue weighted by Gasteiger charge is -2.06. The molecule has 2 aromatic rings. The van der Waals surface area contributed by atoms with E-state index >= 15 is 0 Å². The Balaban J connectivity index is 1.80. The van der Waals surface area contributed by atoms with Gasteiger partial charge >= 0.3 is 0 Å². The van der Waals surface area contributed by atoms with E-state index in [1.807, 2.05) is 19.9 Å². The quantitative estimate of drug-likeness (QED) is 0.769. The second kappa shape index (κ2) is 6.17. The molecule has 0 bridgehead atoms. The molecule has 0 spiro atoms. The van der Waals surface area contributed by atoms with Crippen LogP contribution in [0, 0.1) is 6.92 Å². The van der Waals surface area contributed by atoms with Crippen molar-refractivity contribution >= 4 is 5.91 Å². The first-order valence-corrected chi connectivity index (χ1v) is 6.51. The first-order chi connectivity index (χ1) is 9.20. The number of H-pyrrole nitrogens is 1. The van der Waals surface area contributed by atoms with Crippen molar-refractivity contribution in [3.05, 3.63) is 35.7 Å². The third kappa shape index (κ3) is 3.43. The van der Waals surface area contributed by atoms with Crippen LogP contribution in [-0.2, 0) is 13.0 Å². The number of carbonyl (C=O) groups is 1. The molecule has 0 aromatic carbocycles. The lowest BCUT2D eigenvalue weighted by molar-refractivity contribution is 0.0942. The van der Waals surface area contributed by atoms with E-state index in [-0.39, 0.29) is 5.91 Å². The third-order valence-electron chi connectivity index (χ3n) is 2.87. The van der Waals surface area contributed by atoms with Gasteiger partial charge in [0.1, 0.15) is 11.5 Å². The van der Waals surface area contributed by atoms with Gasteiger partial charge in [0.25, 0.3) is 5.91 Å². The van der Waals surface area contributed by atoms with Gasteiger partial charge in [-0.2, -0.15) is 5.10 Å². The standard InChI is InChI=1S/C13H19N5O/c1-3-18-11(9-10(2)17-18)13(19)16-6-4-5-12-14-7-8-15-12/h7-9H,3-6H2,1-2H3,(H,14,15)(H,16,19). The zero-order chi connectivity index (χ0) is 13.7. The number of aromatic nitrogens is 4. The van der Waals surface area contributed by atoms with Gasteiger partial charge in [-0.3, -0.25) is 9.48 Å². The summed E-state index contributed by atoms with van der Waals surface area (Å²) in [6, 6.07) is 1.81. The number of imidazole rings is 1. The molecule has 2 aromatic heterocycles. The fourth-order valence-corrected chi connectivity index (χ4v) is 1.95. The zero-order valence-corrected chi connectivity index (χ0v) is 11.3. The molecule has 0 saturated carbocycles. The summed E-state index contributed by atoms with van der Waals surface area (Å²) >= 11 is 0. The van der Waals surface area contributed by atoms with Crippen molar-refractivity contribution < 1.29 is 4.79 Å². The molecule has 2 rings (SSSR count). The van der Waals surface area contributed by atoms with Gasteiger partial charge < -0.3 is 10.3 Å². The maximum absolute atomic E-state index is 12.0. The number of carbonyl (C=O) groups excluding carboxylic acids is 1. The normalized spacial score (nSPS) is 10.6. The summed E-state index contributed by atoms with van der Waals surface area (Å²) in [4.78, 5) is 19.2. The number of aryl methyl sites for hydroxylation is 3. The molecule has 0 saturated heterocycles. The summed E-state index contributed by atoms with van der Waals surface area (Å²) in [6.45, 7) is 5.19. The van der Waals surface area contributed by atoms with Gasteiger partial charge in [-0.25, -0.2) is 4.98 Å². The van der Waals surface area contributed by atoms with E-state index < -0.39 is 0 Å². The molecule has 0 fully saturated rings. The van der Waals surface area contributed by atoms with Crippen LogP contribution < -0.4 is 5.32 Å². The van der Waals surface area contributed by atoms with Crippen molar-refractivity contribution in [1.29, 1.82) is 0 Å². The Hall–Kier alpha value is -2.11. The maximum Gasteiger partial charge on any atom is 0.269 e. The molecule has 0 atom stereocenters. The zero-order valence-electron chi connectivity index (χ0n) is 11.3. The molecule has 2 heterocycles. The van der Waals surface area contributed by atoms with Crippen LogP contribution >= 0.6 is 0 Å². The fraction of sp³-hybridized carbons (Fsp3) is 0.462. The molecule has 0 aliphatic carbocycles. The van der Waals surface area contributed by atoms with Crippen LogP contribution in [0.2, 0.25) is 0 Å². The Bertz CT molecular complexity index is 529. The molecule has 0 unspecified atom stereocenters. The monoisotopic (exact) mass is 261 g/mol. The number of hydrogen-bond donors (Lipinski definition) is 2. The molecule has 6 heteroatoms. The van der Waals surface area contributed by atoms with Gasteiger partial charge in [-0.1, -0.05) is 0 Å². The molecule has 19 heavy (non-hydrogen) atoms. The molecular formula is C13H19N5O. The largest absolute Gasteiger partial charge is 0.351 e. The Labute approximate surface area is 112 Å². The molecule has 0 radical (unpaired) electrons. The lowest BCUT2D eigenvalue weighted by Crippen LogP contribution is -2.27. The highest BCUT2D eigenvalue weighted by molar-refractivity contribution is 5.92. The predicted octanol–water partition coefficient (Wildman–Crippen LogP) is 1.30. The SMILES string of the molecule is CCn1nc(C)cc1C(=O)NCCCc1ncc[nH]1. The third-order valence-corrected chi connectivity index (χ3v) is 2.87. The Morgan fingerprint density at radius 3 is 3.05 bits per heavy atom. The Kier molecular flexibility index (Phi) is 4.33. The minimum absolute atomic E-state index is 0.0677. The average molecular weight is 261 g/mol. The van der Waals surface area contributed by atoms with E-state index in [1.54, 1.807) is 17.1 Å². The number of amides is 1. The molecule has 1 amide bonds. The topological polar surface area (TPSA) is 75.6 Å². The van der Waals surface area contributed by atoms with Crippen LogP contribution in [-0.4, -0.2) is 32.2 Å². The minimum atomic E-state index is -0.0677. The van der Waals surface area contributed by atoms with Crippen molar-refractivity contribution in [2.45, 2.75) is 33.2 Å². The first-order valence-electron chi connectivity index (χ1n) is 6.51. The molecule has 2 N–H and O–H groups in total. The van der Waals surface area contributed by atoms with Crippen molar-refractivity contribution in [3.8, 4) is 0 Å². The average Bonchev–Trinajstić information content (AvgIpc) is 3.03. The summed E-state index contributed by atoms with van der Waals surface area (Å²) < 4.78 is 1.72. The van der Waals surface area contributed by atoms with Crippen LogP contribution in [0.1, 0.15) is 35.4 Å². The summed E-state index contributed by atoms with van der Waals surface area (Å²) in [7, 11) is 0. The second-order valence-corrected chi connectivity index (χ2v) is 4.38. The van der Waals surface area contributed by atoms with Gasteiger partial charge in [0.2, 0.25) is 0 Å². The van der Waals surface area contributed by atoms with E-state index in [1.165, 1.54) is 0 Å². The number of nitrogens with zero attached hydrogens (tertiary/aromatic N) is 3. The predicted molar refractivity (Wildman–Crippen MR) is 71.9 cm³/mol. The molecule has 102 valence electrons. The molecule has 0 aliphatic heterocycles. The van der Waals surface area contributed by atoms with Crippen LogP contribution in [0.5, 0.6) is 0 Å². The number of hydrogen-bond acceptors (Lipinski definition) is 3. The van der Waals surface area contributed by atoms with Crippen LogP contribution in [0.25, 0.3) is 0 Å². The molecular weight excluding hydrogens is 242 g/mol. The van der Waals surface area contributed by atoms with E-state index in [2.05, 4.69) is 20.4 Å². The highest BCUT2D eigenvalue weighted by atomic mass is 16.2. The number of aromatic amines is 1. The van der Waals surface area contributed by atoms with Gasteiger partial charge in [0.05, 0.1) is 5.69 Å². The van der Waals surface area contributed by atoms with Crippen LogP contribution in [0.15, 0.2) is 18.5 Å². The van der Waals surface area contributed by atoms with Crippen molar-refractivity contribution in [2.24, 2.45) is 0 Å². The minimum Gasteiger partial charge on any atom is -0.351 e. The van der Waals surface area contributed by atoms with Crippen molar-refractivity contribution in [1.82, 2.24) is 25.1 Å². The Morgan fingerprint density at radius 2 is 2.37 bits per heavy atom. The second-order valence-electron chi connectivity index (χ2n) is 4.38. The highest BCUT2D eigenvalue weighted by Crippen LogP contribution is 2.03. The van der Waals surface area contributed by atoms with Gasteiger partial charge in [0, 0.05) is 31.9 Å². The summed E-state index contributed by atoms with van der Waals surface area (Å²) in [5, 5.41) is 7.17. The smallest absolute Gasteiger partial charge is 0.269 e. The van der Waals surface area contributed by atoms with E-state index in [4.69, 9.17) is 0 Å². The molecule has 0 aliphatic rings. The lowest BCUT2D eigenvalue weighted by atomic mass is 10.3. The fourth-order valence-electron chi connectivity index (χ4n) is 1.95. The van der Waals surface area contributed by atoms with Crippen molar-refractivity contribution in [3.63, 3.8) is 0 Å². The number of rotatable bonds is 6. The van der Waals surface area contributed by atoms with E-state index in [9.17, 15) is 4.79 Å². The van der Waals surface area contributed by atoms with Gasteiger partial charge in [-0.05, 0) is 26.3 Å². The van der Waals surface area contributed by atoms with Gasteiger partial charge in [-0.15, -0.1) is 0 Å². The van der Waals surface area contributed by atoms with E-state index in [0.29, 0.717) is 18.8 Å². The number of nitrogens with one attached hydrogen (secondary N) is 2. The van der Waals surface area contributed by atoms with E-state index in [0.717, 1.165) is 24.4 Å². The highest BCUT2D eigenvalue weighted by Gasteiger charge is 2.12. The summed E-state index contributed by atoms with van der Waals surface area (Å²) in [5.41, 5.74) is 1.49. The Morgan fingerprint density at radius 1 is 1.53 bits per heavy atom. The van der Waals surface area contributed by atoms with Crippen molar-refractivity contribution in [2.75, 3.05) is 6.54 Å². The first kappa shape index (κ1) is 13.3. The maximum atomic E-state index is 12.0. The van der Waals surface area contributed by atoms with Crippen LogP contribution in [0.3, 0.4) is 0 Å². The van der Waals surface area contributed by atoms with Crippen LogP contribution in [0.4, 0.5) is 0 Å². The van der Waals surface area contributed by atoms with Gasteiger partial charge in [0.15, 0.2) is 0 Å². The summed E-state index contributed by atoms with van der Waals surface area (Å²) in [5.74, 6) is 0.880. The summed E-state index contributed by atoms with van der Waals surface area (Å²) in [6.07, 6.45) is 5.23.